The smallest absolute Gasteiger partial charge is 0.406 e. The molecule has 1 amide bonds. The minimum Gasteiger partial charge on any atom is -0.406 e. The first kappa shape index (κ1) is 20.3. The monoisotopic (exact) mass is 401 g/mol. The van der Waals surface area contributed by atoms with Gasteiger partial charge in [-0.2, -0.15) is 5.26 Å². The minimum atomic E-state index is -4.79. The van der Waals surface area contributed by atoms with Crippen LogP contribution in [0.5, 0.6) is 5.75 Å². The quantitative estimate of drug-likeness (QED) is 0.618. The molecule has 0 radical (unpaired) electrons. The number of anilines is 1. The highest BCUT2D eigenvalue weighted by atomic mass is 19.4. The summed E-state index contributed by atoms with van der Waals surface area (Å²) in [6.07, 6.45) is -4.44. The first-order valence-corrected chi connectivity index (χ1v) is 8.99. The van der Waals surface area contributed by atoms with Crippen LogP contribution in [-0.2, 0) is 11.3 Å². The van der Waals surface area contributed by atoms with E-state index in [4.69, 9.17) is 0 Å². The summed E-state index contributed by atoms with van der Waals surface area (Å²) < 4.78 is 43.5. The predicted octanol–water partition coefficient (Wildman–Crippen LogP) is 5.45. The van der Waals surface area contributed by atoms with Crippen LogP contribution in [0.2, 0.25) is 0 Å². The van der Waals surface area contributed by atoms with E-state index < -0.39 is 6.36 Å². The number of hydrogen-bond acceptors (Lipinski definition) is 3. The van der Waals surface area contributed by atoms with Gasteiger partial charge in [-0.1, -0.05) is 19.1 Å². The van der Waals surface area contributed by atoms with Crippen molar-refractivity contribution in [2.45, 2.75) is 33.2 Å². The van der Waals surface area contributed by atoms with Crippen LogP contribution < -0.4 is 10.1 Å². The van der Waals surface area contributed by atoms with E-state index >= 15 is 0 Å². The Morgan fingerprint density at radius 1 is 1.17 bits per heavy atom. The van der Waals surface area contributed by atoms with Crippen molar-refractivity contribution in [3.63, 3.8) is 0 Å². The number of hydrogen-bond donors (Lipinski definition) is 1. The summed E-state index contributed by atoms with van der Waals surface area (Å²) in [6, 6.07) is 13.1. The number of fused-ring (bicyclic) bond motifs is 1. The average Bonchev–Trinajstić information content (AvgIpc) is 2.99. The third-order valence-electron chi connectivity index (χ3n) is 4.46. The summed E-state index contributed by atoms with van der Waals surface area (Å²) in [4.78, 5) is 11.5. The van der Waals surface area contributed by atoms with Crippen LogP contribution >= 0.6 is 0 Å². The Hall–Kier alpha value is -3.47. The van der Waals surface area contributed by atoms with Gasteiger partial charge in [0.15, 0.2) is 0 Å². The first-order valence-electron chi connectivity index (χ1n) is 8.99. The summed E-state index contributed by atoms with van der Waals surface area (Å²) >= 11 is 0. The number of carbonyl (C=O) groups is 1. The van der Waals surface area contributed by atoms with E-state index in [1.165, 1.54) is 18.2 Å². The maximum atomic E-state index is 12.6. The van der Waals surface area contributed by atoms with Crippen molar-refractivity contribution in [1.29, 1.82) is 5.26 Å². The second-order valence-corrected chi connectivity index (χ2v) is 6.29. The van der Waals surface area contributed by atoms with E-state index in [1.807, 2.05) is 6.92 Å². The van der Waals surface area contributed by atoms with Gasteiger partial charge in [0.05, 0.1) is 16.8 Å². The molecule has 0 bridgehead atoms. The maximum Gasteiger partial charge on any atom is 0.573 e. The summed E-state index contributed by atoms with van der Waals surface area (Å²) in [5.41, 5.74) is 2.78. The van der Waals surface area contributed by atoms with Crippen molar-refractivity contribution >= 4 is 22.5 Å². The molecule has 0 atom stereocenters. The van der Waals surface area contributed by atoms with Gasteiger partial charge in [0, 0.05) is 30.1 Å². The van der Waals surface area contributed by atoms with Crippen molar-refractivity contribution in [2.24, 2.45) is 0 Å². The number of carbonyl (C=O) groups excluding carboxylic acids is 1. The molecule has 3 rings (SSSR count). The van der Waals surface area contributed by atoms with E-state index in [9.17, 15) is 23.2 Å². The number of aromatic nitrogens is 1. The molecule has 0 aliphatic rings. The zero-order chi connectivity index (χ0) is 21.2. The van der Waals surface area contributed by atoms with Gasteiger partial charge in [-0.15, -0.1) is 13.2 Å². The molecular weight excluding hydrogens is 383 g/mol. The Bertz CT molecular complexity index is 1090. The van der Waals surface area contributed by atoms with Crippen molar-refractivity contribution in [3.05, 3.63) is 48.0 Å². The summed E-state index contributed by atoms with van der Waals surface area (Å²) in [5, 5.41) is 13.0. The molecule has 2 aromatic carbocycles. The van der Waals surface area contributed by atoms with Gasteiger partial charge >= 0.3 is 6.36 Å². The largest absolute Gasteiger partial charge is 0.573 e. The lowest BCUT2D eigenvalue weighted by atomic mass is 10.1. The van der Waals surface area contributed by atoms with Crippen molar-refractivity contribution < 1.29 is 22.7 Å². The molecule has 150 valence electrons. The number of aryl methyl sites for hydroxylation is 1. The van der Waals surface area contributed by atoms with Gasteiger partial charge in [-0.25, -0.2) is 0 Å². The first-order chi connectivity index (χ1) is 13.8. The lowest BCUT2D eigenvalue weighted by molar-refractivity contribution is -0.274. The fourth-order valence-electron chi connectivity index (χ4n) is 3.23. The van der Waals surface area contributed by atoms with Crippen molar-refractivity contribution in [3.8, 4) is 23.1 Å². The molecule has 0 aliphatic carbocycles. The number of benzene rings is 2. The Labute approximate surface area is 165 Å². The number of halogens is 3. The Balaban J connectivity index is 2.12. The van der Waals surface area contributed by atoms with Crippen LogP contribution in [0.1, 0.15) is 25.8 Å². The number of ether oxygens (including phenoxy) is 1. The molecule has 3 aromatic rings. The van der Waals surface area contributed by atoms with Crippen LogP contribution in [0.25, 0.3) is 22.2 Å². The van der Waals surface area contributed by atoms with E-state index in [2.05, 4.69) is 16.1 Å². The molecule has 1 N–H and O–H groups in total. The number of nitriles is 1. The van der Waals surface area contributed by atoms with Gasteiger partial charge in [0.1, 0.15) is 11.8 Å². The van der Waals surface area contributed by atoms with Crippen molar-refractivity contribution in [2.75, 3.05) is 5.32 Å². The topological polar surface area (TPSA) is 67.1 Å². The molecule has 1 heterocycles. The zero-order valence-electron chi connectivity index (χ0n) is 15.8. The number of nitrogens with one attached hydrogen (secondary N) is 1. The second kappa shape index (κ2) is 7.87. The van der Waals surface area contributed by atoms with Crippen molar-refractivity contribution in [1.82, 2.24) is 4.57 Å². The lowest BCUT2D eigenvalue weighted by Gasteiger charge is -2.11. The third-order valence-corrected chi connectivity index (χ3v) is 4.46. The molecule has 5 nitrogen and oxygen atoms in total. The molecule has 8 heteroatoms. The third kappa shape index (κ3) is 4.19. The van der Waals surface area contributed by atoms with Crippen LogP contribution in [0, 0.1) is 11.3 Å². The average molecular weight is 401 g/mol. The molecule has 0 fully saturated rings. The standard InChI is InChI=1S/C21H18F3N3O2/c1-3-19(28)26-14-7-5-13(6-8-14)20-17(12-25)16-10-9-15(29-21(22,23)24)11-18(16)27(20)4-2/h5-11H,3-4H2,1-2H3,(H,26,28). The van der Waals surface area contributed by atoms with Crippen LogP contribution in [0.15, 0.2) is 42.5 Å². The summed E-state index contributed by atoms with van der Waals surface area (Å²) in [7, 11) is 0. The Kier molecular flexibility index (Phi) is 5.50. The predicted molar refractivity (Wildman–Crippen MR) is 103 cm³/mol. The molecule has 0 saturated heterocycles. The Morgan fingerprint density at radius 3 is 2.41 bits per heavy atom. The van der Waals surface area contributed by atoms with Gasteiger partial charge in [-0.3, -0.25) is 4.79 Å². The van der Waals surface area contributed by atoms with E-state index in [0.29, 0.717) is 46.4 Å². The van der Waals surface area contributed by atoms with Gasteiger partial charge in [0.2, 0.25) is 5.91 Å². The number of nitrogens with zero attached hydrogens (tertiary/aromatic N) is 2. The number of alkyl halides is 3. The summed E-state index contributed by atoms with van der Waals surface area (Å²) in [5.74, 6) is -0.457. The van der Waals surface area contributed by atoms with Crippen LogP contribution in [0.3, 0.4) is 0 Å². The Morgan fingerprint density at radius 2 is 1.86 bits per heavy atom. The highest BCUT2D eigenvalue weighted by Gasteiger charge is 2.31. The summed E-state index contributed by atoms with van der Waals surface area (Å²) in [6.45, 7) is 4.04. The molecule has 1 aromatic heterocycles. The molecule has 0 spiro atoms. The fourth-order valence-corrected chi connectivity index (χ4v) is 3.23. The normalized spacial score (nSPS) is 11.3. The molecule has 0 aliphatic heterocycles. The highest BCUT2D eigenvalue weighted by Crippen LogP contribution is 2.36. The molecule has 29 heavy (non-hydrogen) atoms. The SMILES string of the molecule is CCC(=O)Nc1ccc(-c2c(C#N)c3ccc(OC(F)(F)F)cc3n2CC)cc1. The molecule has 0 unspecified atom stereocenters. The number of rotatable bonds is 5. The van der Waals surface area contributed by atoms with Crippen LogP contribution in [0.4, 0.5) is 18.9 Å². The number of amides is 1. The molecule has 0 saturated carbocycles. The van der Waals surface area contributed by atoms with Gasteiger partial charge in [-0.05, 0) is 36.8 Å². The van der Waals surface area contributed by atoms with E-state index in [-0.39, 0.29) is 11.7 Å². The fraction of sp³-hybridized carbons (Fsp3) is 0.238. The van der Waals surface area contributed by atoms with E-state index in [0.717, 1.165) is 0 Å². The zero-order valence-corrected chi connectivity index (χ0v) is 15.8. The van der Waals surface area contributed by atoms with Crippen LogP contribution in [-0.4, -0.2) is 16.8 Å². The van der Waals surface area contributed by atoms with Gasteiger partial charge < -0.3 is 14.6 Å². The van der Waals surface area contributed by atoms with E-state index in [1.54, 1.807) is 35.8 Å². The highest BCUT2D eigenvalue weighted by molar-refractivity contribution is 5.96. The minimum absolute atomic E-state index is 0.115. The lowest BCUT2D eigenvalue weighted by Crippen LogP contribution is -2.17. The second-order valence-electron chi connectivity index (χ2n) is 6.29. The molecular formula is C21H18F3N3O2. The van der Waals surface area contributed by atoms with Gasteiger partial charge in [0.25, 0.3) is 0 Å². The maximum absolute atomic E-state index is 12.6.